The molecule has 5 nitrogen and oxygen atoms in total. The zero-order valence-electron chi connectivity index (χ0n) is 11.2. The molecule has 0 bridgehead atoms. The lowest BCUT2D eigenvalue weighted by molar-refractivity contribution is 0.0969. The molecule has 2 rings (SSSR count). The number of hydrogen-bond acceptors (Lipinski definition) is 3. The first kappa shape index (κ1) is 14.8. The Hall–Kier alpha value is -2.57. The molecule has 1 aromatic heterocycles. The van der Waals surface area contributed by atoms with Gasteiger partial charge in [0.05, 0.1) is 6.54 Å². The second-order valence-corrected chi connectivity index (χ2v) is 4.45. The Morgan fingerprint density at radius 3 is 2.57 bits per heavy atom. The average molecular weight is 294 g/mol. The zero-order chi connectivity index (χ0) is 15.6. The SMILES string of the molecule is CCc1cn(CC(=O)c2ccc(F)c(F)c2)c(=O)[nH]c1=O. The van der Waals surface area contributed by atoms with Crippen molar-refractivity contribution >= 4 is 5.78 Å². The van der Waals surface area contributed by atoms with E-state index in [2.05, 4.69) is 4.98 Å². The van der Waals surface area contributed by atoms with E-state index in [0.29, 0.717) is 12.0 Å². The molecule has 7 heteroatoms. The monoisotopic (exact) mass is 294 g/mol. The summed E-state index contributed by atoms with van der Waals surface area (Å²) in [5.41, 5.74) is -0.926. The third-order valence-corrected chi connectivity index (χ3v) is 3.02. The van der Waals surface area contributed by atoms with E-state index >= 15 is 0 Å². The van der Waals surface area contributed by atoms with Crippen molar-refractivity contribution in [2.45, 2.75) is 19.9 Å². The van der Waals surface area contributed by atoms with Crippen LogP contribution in [0.4, 0.5) is 8.78 Å². The van der Waals surface area contributed by atoms with Crippen LogP contribution in [0.15, 0.2) is 34.0 Å². The Kier molecular flexibility index (Phi) is 4.11. The van der Waals surface area contributed by atoms with Gasteiger partial charge in [0.1, 0.15) is 0 Å². The number of aromatic nitrogens is 2. The number of carbonyl (C=O) groups is 1. The maximum absolute atomic E-state index is 13.1. The number of halogens is 2. The summed E-state index contributed by atoms with van der Waals surface area (Å²) in [6.45, 7) is 1.37. The summed E-state index contributed by atoms with van der Waals surface area (Å²) in [5, 5.41) is 0. The van der Waals surface area contributed by atoms with Crippen LogP contribution in [0.1, 0.15) is 22.8 Å². The third-order valence-electron chi connectivity index (χ3n) is 3.02. The van der Waals surface area contributed by atoms with Crippen molar-refractivity contribution in [2.75, 3.05) is 0 Å². The van der Waals surface area contributed by atoms with Gasteiger partial charge in [0, 0.05) is 17.3 Å². The molecule has 110 valence electrons. The molecule has 0 unspecified atom stereocenters. The third kappa shape index (κ3) is 3.13. The highest BCUT2D eigenvalue weighted by Gasteiger charge is 2.12. The van der Waals surface area contributed by atoms with E-state index in [0.717, 1.165) is 22.8 Å². The van der Waals surface area contributed by atoms with Crippen LogP contribution in [-0.4, -0.2) is 15.3 Å². The molecule has 1 N–H and O–H groups in total. The molecule has 0 amide bonds. The number of benzene rings is 1. The van der Waals surface area contributed by atoms with Crippen molar-refractivity contribution in [1.82, 2.24) is 9.55 Å². The highest BCUT2D eigenvalue weighted by atomic mass is 19.2. The minimum Gasteiger partial charge on any atom is -0.293 e. The van der Waals surface area contributed by atoms with E-state index in [4.69, 9.17) is 0 Å². The van der Waals surface area contributed by atoms with Gasteiger partial charge in [-0.1, -0.05) is 6.92 Å². The lowest BCUT2D eigenvalue weighted by atomic mass is 10.1. The van der Waals surface area contributed by atoms with Crippen molar-refractivity contribution in [3.8, 4) is 0 Å². The summed E-state index contributed by atoms with van der Waals surface area (Å²) in [6.07, 6.45) is 1.69. The Morgan fingerprint density at radius 1 is 1.24 bits per heavy atom. The molecule has 0 aliphatic heterocycles. The molecule has 0 spiro atoms. The predicted octanol–water partition coefficient (Wildman–Crippen LogP) is 1.26. The van der Waals surface area contributed by atoms with Crippen LogP contribution in [0.5, 0.6) is 0 Å². The number of aryl methyl sites for hydroxylation is 1. The molecule has 21 heavy (non-hydrogen) atoms. The number of nitrogens with one attached hydrogen (secondary N) is 1. The fourth-order valence-corrected chi connectivity index (χ4v) is 1.84. The van der Waals surface area contributed by atoms with Crippen LogP contribution >= 0.6 is 0 Å². The Bertz CT molecular complexity index is 809. The minimum absolute atomic E-state index is 0.0509. The largest absolute Gasteiger partial charge is 0.328 e. The van der Waals surface area contributed by atoms with E-state index in [1.165, 1.54) is 6.20 Å². The second kappa shape index (κ2) is 5.82. The Morgan fingerprint density at radius 2 is 1.95 bits per heavy atom. The van der Waals surface area contributed by atoms with Gasteiger partial charge in [0.25, 0.3) is 5.56 Å². The van der Waals surface area contributed by atoms with Crippen molar-refractivity contribution in [2.24, 2.45) is 0 Å². The first-order valence-corrected chi connectivity index (χ1v) is 6.23. The number of ketones is 1. The summed E-state index contributed by atoms with van der Waals surface area (Å²) in [4.78, 5) is 37.1. The van der Waals surface area contributed by atoms with E-state index in [1.807, 2.05) is 0 Å². The smallest absolute Gasteiger partial charge is 0.293 e. The molecule has 0 saturated carbocycles. The molecule has 0 aliphatic rings. The summed E-state index contributed by atoms with van der Waals surface area (Å²) < 4.78 is 26.9. The first-order valence-electron chi connectivity index (χ1n) is 6.23. The van der Waals surface area contributed by atoms with Crippen molar-refractivity contribution in [3.05, 3.63) is 68.0 Å². The van der Waals surface area contributed by atoms with Crippen molar-refractivity contribution < 1.29 is 13.6 Å². The zero-order valence-corrected chi connectivity index (χ0v) is 11.2. The maximum Gasteiger partial charge on any atom is 0.328 e. The molecule has 0 radical (unpaired) electrons. The standard InChI is InChI=1S/C14H12F2N2O3/c1-2-8-6-18(14(21)17-13(8)20)7-12(19)9-3-4-10(15)11(16)5-9/h3-6H,2,7H2,1H3,(H,17,20,21). The molecular formula is C14H12F2N2O3. The second-order valence-electron chi connectivity index (χ2n) is 4.45. The fraction of sp³-hybridized carbons (Fsp3) is 0.214. The quantitative estimate of drug-likeness (QED) is 0.863. The minimum atomic E-state index is -1.14. The number of Topliss-reactive ketones (excluding diaryl/α,β-unsaturated/α-hetero) is 1. The topological polar surface area (TPSA) is 71.9 Å². The number of nitrogens with zero attached hydrogens (tertiary/aromatic N) is 1. The van der Waals surface area contributed by atoms with Crippen LogP contribution in [0.25, 0.3) is 0 Å². The van der Waals surface area contributed by atoms with Crippen LogP contribution in [0, 0.1) is 11.6 Å². The summed E-state index contributed by atoms with van der Waals surface area (Å²) in [7, 11) is 0. The molecule has 1 aromatic carbocycles. The van der Waals surface area contributed by atoms with Gasteiger partial charge in [-0.2, -0.15) is 0 Å². The summed E-state index contributed by atoms with van der Waals surface area (Å²) in [5.74, 6) is -2.75. The van der Waals surface area contributed by atoms with Crippen LogP contribution in [0.3, 0.4) is 0 Å². The molecule has 2 aromatic rings. The molecular weight excluding hydrogens is 282 g/mol. The molecule has 0 aliphatic carbocycles. The predicted molar refractivity (Wildman–Crippen MR) is 71.4 cm³/mol. The van der Waals surface area contributed by atoms with Crippen LogP contribution in [-0.2, 0) is 13.0 Å². The normalized spacial score (nSPS) is 10.6. The lowest BCUT2D eigenvalue weighted by Crippen LogP contribution is -2.33. The maximum atomic E-state index is 13.1. The van der Waals surface area contributed by atoms with E-state index < -0.39 is 28.7 Å². The molecule has 1 heterocycles. The van der Waals surface area contributed by atoms with Gasteiger partial charge in [-0.15, -0.1) is 0 Å². The van der Waals surface area contributed by atoms with Gasteiger partial charge in [-0.25, -0.2) is 13.6 Å². The molecule has 0 fully saturated rings. The van der Waals surface area contributed by atoms with E-state index in [-0.39, 0.29) is 12.1 Å². The van der Waals surface area contributed by atoms with Crippen LogP contribution in [0.2, 0.25) is 0 Å². The number of hydrogen-bond donors (Lipinski definition) is 1. The summed E-state index contributed by atoms with van der Waals surface area (Å²) >= 11 is 0. The van der Waals surface area contributed by atoms with Gasteiger partial charge in [-0.3, -0.25) is 19.1 Å². The highest BCUT2D eigenvalue weighted by molar-refractivity contribution is 5.95. The van der Waals surface area contributed by atoms with Crippen LogP contribution < -0.4 is 11.2 Å². The van der Waals surface area contributed by atoms with E-state index in [1.54, 1.807) is 6.92 Å². The van der Waals surface area contributed by atoms with Gasteiger partial charge >= 0.3 is 5.69 Å². The number of rotatable bonds is 4. The number of aromatic amines is 1. The number of H-pyrrole nitrogens is 1. The van der Waals surface area contributed by atoms with Gasteiger partial charge in [0.15, 0.2) is 17.4 Å². The lowest BCUT2D eigenvalue weighted by Gasteiger charge is -2.06. The van der Waals surface area contributed by atoms with Gasteiger partial charge in [0.2, 0.25) is 0 Å². The molecule has 0 saturated heterocycles. The number of carbonyl (C=O) groups excluding carboxylic acids is 1. The van der Waals surface area contributed by atoms with Crippen molar-refractivity contribution in [3.63, 3.8) is 0 Å². The van der Waals surface area contributed by atoms with Gasteiger partial charge < -0.3 is 0 Å². The average Bonchev–Trinajstić information content (AvgIpc) is 2.44. The Balaban J connectivity index is 2.33. The van der Waals surface area contributed by atoms with Crippen molar-refractivity contribution in [1.29, 1.82) is 0 Å². The van der Waals surface area contributed by atoms with E-state index in [9.17, 15) is 23.2 Å². The Labute approximate surface area is 117 Å². The highest BCUT2D eigenvalue weighted by Crippen LogP contribution is 2.09. The summed E-state index contributed by atoms with van der Waals surface area (Å²) in [6, 6.07) is 2.75. The molecule has 0 atom stereocenters. The fourth-order valence-electron chi connectivity index (χ4n) is 1.84. The first-order chi connectivity index (χ1) is 9.92. The van der Waals surface area contributed by atoms with Gasteiger partial charge in [-0.05, 0) is 24.6 Å².